The van der Waals surface area contributed by atoms with Crippen molar-refractivity contribution in [1.29, 1.82) is 0 Å². The van der Waals surface area contributed by atoms with Crippen LogP contribution in [0.4, 0.5) is 0 Å². The molecule has 0 atom stereocenters. The Morgan fingerprint density at radius 3 is 0.946 bits per heavy atom. The van der Waals surface area contributed by atoms with E-state index in [4.69, 9.17) is 44.0 Å². The van der Waals surface area contributed by atoms with Crippen molar-refractivity contribution in [3.05, 3.63) is 29.7 Å². The van der Waals surface area contributed by atoms with Gasteiger partial charge in [0.15, 0.2) is 0 Å². The summed E-state index contributed by atoms with van der Waals surface area (Å²) in [5.41, 5.74) is 0. The summed E-state index contributed by atoms with van der Waals surface area (Å²) in [4.78, 5) is 19.0. The first-order valence-electron chi connectivity index (χ1n) is 14.9. The van der Waals surface area contributed by atoms with Gasteiger partial charge in [0.1, 0.15) is 19.8 Å². The van der Waals surface area contributed by atoms with Crippen LogP contribution >= 0.6 is 28.3 Å². The molecule has 0 amide bonds. The van der Waals surface area contributed by atoms with Gasteiger partial charge in [-0.1, -0.05) is 46.3 Å². The molecule has 15 nitrogen and oxygen atoms in total. The van der Waals surface area contributed by atoms with Gasteiger partial charge in [0.05, 0.1) is 26.4 Å². The van der Waals surface area contributed by atoms with Crippen LogP contribution in [0.15, 0.2) is 15.5 Å². The smallest absolute Gasteiger partial charge is 0.870 e. The molecule has 0 saturated heterocycles. The van der Waals surface area contributed by atoms with Crippen LogP contribution in [-0.2, 0) is 33.6 Å². The van der Waals surface area contributed by atoms with Gasteiger partial charge >= 0.3 is 29.6 Å². The van der Waals surface area contributed by atoms with E-state index in [9.17, 15) is 0 Å². The molecule has 0 heterocycles. The SMILES string of the molecule is C.C.CCO/C(C)=N/OCCCCBr.CCOC(C)=NOCCCCO.CCOC(C)=NOCCCCO.Cl.NOCCCCO.[CH3-].[CH3-].[CH3-].[CH3-].[Db].[Db].[Db].[Db].[Na+].[OH-]. The number of rotatable bonds is 22. The minimum Gasteiger partial charge on any atom is -0.870 e. The normalized spacial score (nSPS) is 8.52. The number of halogens is 2. The van der Waals surface area contributed by atoms with Gasteiger partial charge in [-0.3, -0.25) is 0 Å². The summed E-state index contributed by atoms with van der Waals surface area (Å²) in [5, 5.41) is 37.3. The van der Waals surface area contributed by atoms with E-state index in [0.717, 1.165) is 56.7 Å². The van der Waals surface area contributed by atoms with Crippen LogP contribution in [0.3, 0.4) is 0 Å². The topological polar surface area (TPSA) is 218 Å². The summed E-state index contributed by atoms with van der Waals surface area (Å²) in [6.45, 7) is 15.7. The molecule has 0 fully saturated rings. The number of aliphatic hydroxyl groups excluding tert-OH is 3. The Hall–Kier alpha value is -4.66. The van der Waals surface area contributed by atoms with E-state index in [1.54, 1.807) is 20.8 Å². The first-order valence-corrected chi connectivity index (χ1v) is 16.0. The van der Waals surface area contributed by atoms with Crippen molar-refractivity contribution in [2.45, 2.75) is 108 Å². The van der Waals surface area contributed by atoms with Gasteiger partial charge in [-0.25, -0.2) is 5.90 Å². The fraction of sp³-hybridized carbons (Fsp3) is 0.794. The Bertz CT molecular complexity index is 569. The molecule has 0 rings (SSSR count). The number of oxime groups is 3. The third kappa shape index (κ3) is 134. The number of hydrogen-bond acceptors (Lipinski definition) is 15. The molecule has 0 aliphatic carbocycles. The van der Waals surface area contributed by atoms with Gasteiger partial charge in [-0.05, 0) is 72.1 Å². The van der Waals surface area contributed by atoms with Crippen molar-refractivity contribution in [3.63, 3.8) is 0 Å². The maximum atomic E-state index is 8.44. The van der Waals surface area contributed by atoms with Crippen LogP contribution in [0.25, 0.3) is 0 Å². The summed E-state index contributed by atoms with van der Waals surface area (Å²) >= 11 is 3.34. The van der Waals surface area contributed by atoms with Crippen molar-refractivity contribution < 1.29 is 83.9 Å². The average molecular weight is 1930 g/mol. The van der Waals surface area contributed by atoms with E-state index in [-0.39, 0.29) is 112 Å². The molecular formula is C34H83BrClDb4N4NaO11-4. The number of ether oxygens (including phenoxy) is 3. The van der Waals surface area contributed by atoms with Crippen molar-refractivity contribution in [2.24, 2.45) is 21.4 Å². The second kappa shape index (κ2) is 110. The van der Waals surface area contributed by atoms with Gasteiger partial charge in [-0.15, -0.1) is 12.4 Å². The Labute approximate surface area is 358 Å². The summed E-state index contributed by atoms with van der Waals surface area (Å²) in [6, 6.07) is 0. The number of unbranched alkanes of at least 4 members (excludes halogenated alkanes) is 4. The average Bonchev–Trinajstić information content (AvgIpc) is 2.99. The van der Waals surface area contributed by atoms with Crippen molar-refractivity contribution in [3.8, 4) is 0 Å². The number of nitrogens with zero attached hydrogens (tertiary/aromatic N) is 3. The summed E-state index contributed by atoms with van der Waals surface area (Å²) in [6.07, 6.45) is 6.90. The first kappa shape index (κ1) is 110. The number of alkyl halides is 1. The fourth-order valence-corrected chi connectivity index (χ4v) is 2.63. The van der Waals surface area contributed by atoms with Crippen LogP contribution in [-0.4, -0.2) is 110 Å². The van der Waals surface area contributed by atoms with Gasteiger partial charge in [0, 0.05) is 45.9 Å². The zero-order valence-electron chi connectivity index (χ0n) is 36.1. The van der Waals surface area contributed by atoms with Gasteiger partial charge < -0.3 is 84.1 Å². The van der Waals surface area contributed by atoms with Crippen molar-refractivity contribution in [2.75, 3.05) is 71.4 Å². The molecule has 56 heavy (non-hydrogen) atoms. The summed E-state index contributed by atoms with van der Waals surface area (Å²) < 4.78 is 15.1. The summed E-state index contributed by atoms with van der Waals surface area (Å²) in [5.74, 6) is 6.37. The van der Waals surface area contributed by atoms with E-state index < -0.39 is 0 Å². The van der Waals surface area contributed by atoms with Gasteiger partial charge in [0.2, 0.25) is 17.7 Å². The molecule has 0 aromatic heterocycles. The predicted octanol–water partition coefficient (Wildman–Crippen LogP) is 4.81. The monoisotopic (exact) mass is 1930 g/mol. The molecule has 22 heteroatoms. The van der Waals surface area contributed by atoms with Gasteiger partial charge in [-0.2, -0.15) is 0 Å². The molecule has 0 spiro atoms. The largest absolute Gasteiger partial charge is 1.00 e. The maximum Gasteiger partial charge on any atom is 1.00 e. The first-order chi connectivity index (χ1) is 20.8. The molecule has 0 unspecified atom stereocenters. The molecule has 0 bridgehead atoms. The number of nitrogens with two attached hydrogens (primary N) is 1. The Morgan fingerprint density at radius 1 is 0.518 bits per heavy atom. The van der Waals surface area contributed by atoms with E-state index in [1.165, 1.54) is 0 Å². The van der Waals surface area contributed by atoms with Crippen LogP contribution < -0.4 is 35.5 Å². The minimum absolute atomic E-state index is 0. The third-order valence-corrected chi connectivity index (χ3v) is 4.78. The zero-order chi connectivity index (χ0) is 33.2. The number of hydrogen-bond donors (Lipinski definition) is 4. The molecule has 332 valence electrons. The summed E-state index contributed by atoms with van der Waals surface area (Å²) in [7, 11) is 0. The van der Waals surface area contributed by atoms with Crippen LogP contribution in [0, 0.1) is 29.7 Å². The van der Waals surface area contributed by atoms with Crippen LogP contribution in [0.5, 0.6) is 0 Å². The Morgan fingerprint density at radius 2 is 0.750 bits per heavy atom. The van der Waals surface area contributed by atoms with Crippen LogP contribution in [0.2, 0.25) is 0 Å². The quantitative estimate of drug-likeness (QED) is 0.0219. The van der Waals surface area contributed by atoms with E-state index in [0.29, 0.717) is 63.9 Å². The molecule has 0 aromatic carbocycles. The maximum absolute atomic E-state index is 8.44. The molecule has 0 radical (unpaired) electrons. The second-order valence-electron chi connectivity index (χ2n) is 8.19. The molecule has 0 aromatic rings. The van der Waals surface area contributed by atoms with Crippen molar-refractivity contribution in [1.82, 2.24) is 0 Å². The zero-order valence-corrected chi connectivity index (χ0v) is 66.3. The predicted molar refractivity (Wildman–Crippen MR) is 222 cm³/mol. The van der Waals surface area contributed by atoms with E-state index in [1.807, 2.05) is 20.8 Å². The molecule has 0 saturated carbocycles. The molecule has 6 N–H and O–H groups in total. The second-order valence-corrected chi connectivity index (χ2v) is 8.98. The van der Waals surface area contributed by atoms with Crippen molar-refractivity contribution >= 4 is 46.0 Å². The standard InChI is InChI=1S/C8H16BrNO2.2C8H17NO3.C4H11NO2.2CH4.4CH3.ClH.4Db.Na.H2O/c1-3-11-8(2)10-12-7-5-4-6-9;2*1-3-11-8(2)9-12-7-5-4-6-10;5-7-4-2-1-3-6;;;;;;;;;;;;;/h3-7H2,1-2H3;2*10H,3-7H2,1-2H3;6H,1-5H2;2*1H4;4*1H3;1H;;;;;;1H2/q;;;;;;4*-1;;;;;;+1;/p-1/b10-8+;;;;;;;;;;;;;;;;. The third-order valence-electron chi connectivity index (χ3n) is 4.22. The van der Waals surface area contributed by atoms with Gasteiger partial charge in [0.25, 0.3) is 0 Å². The molecule has 0 aliphatic rings. The Balaban J connectivity index is -0.0000000227. The fourth-order valence-electron chi connectivity index (χ4n) is 2.23. The minimum atomic E-state index is 0. The molecule has 0 aliphatic heterocycles. The van der Waals surface area contributed by atoms with E-state index >= 15 is 0 Å². The molecular weight excluding hydrogens is 1850 g/mol. The number of aliphatic hydroxyl groups is 3. The van der Waals surface area contributed by atoms with E-state index in [2.05, 4.69) is 42.1 Å². The Kier molecular flexibility index (Phi) is 217. The van der Waals surface area contributed by atoms with Crippen LogP contribution in [0.1, 0.15) is 108 Å².